The molecule has 2 aromatic rings. The maximum absolute atomic E-state index is 13.9. The van der Waals surface area contributed by atoms with Gasteiger partial charge in [-0.2, -0.15) is 4.99 Å². The van der Waals surface area contributed by atoms with Gasteiger partial charge in [0.05, 0.1) is 17.9 Å². The molecule has 1 aromatic heterocycles. The van der Waals surface area contributed by atoms with Gasteiger partial charge in [0.25, 0.3) is 5.91 Å². The molecule has 1 amide bonds. The Balaban J connectivity index is 1.39. The predicted octanol–water partition coefficient (Wildman–Crippen LogP) is 6.14. The molecule has 4 aliphatic rings. The van der Waals surface area contributed by atoms with Crippen molar-refractivity contribution in [3.05, 3.63) is 87.3 Å². The van der Waals surface area contributed by atoms with E-state index in [0.717, 1.165) is 31.4 Å². The number of amidine groups is 1. The summed E-state index contributed by atoms with van der Waals surface area (Å²) < 4.78 is 14.0. The monoisotopic (exact) mass is 605 g/mol. The average Bonchev–Trinajstić information content (AvgIpc) is 3.48. The lowest BCUT2D eigenvalue weighted by atomic mass is 9.91. The number of allylic oxidation sites excluding steroid dienone is 5. The second kappa shape index (κ2) is 12.9. The quantitative estimate of drug-likeness (QED) is 0.268. The highest BCUT2D eigenvalue weighted by Gasteiger charge is 2.36. The summed E-state index contributed by atoms with van der Waals surface area (Å²) in [7, 11) is 0. The number of hydrogen-bond acceptors (Lipinski definition) is 5. The van der Waals surface area contributed by atoms with Crippen molar-refractivity contribution in [2.75, 3.05) is 13.2 Å². The second-order valence-electron chi connectivity index (χ2n) is 12.5. The molecule has 45 heavy (non-hydrogen) atoms. The summed E-state index contributed by atoms with van der Waals surface area (Å²) in [4.78, 5) is 33.2. The molecular formula is C38H43N3O4. The molecule has 0 saturated carbocycles. The lowest BCUT2D eigenvalue weighted by Gasteiger charge is -2.20. The van der Waals surface area contributed by atoms with Crippen LogP contribution in [0.15, 0.2) is 76.2 Å². The van der Waals surface area contributed by atoms with Crippen LogP contribution >= 0.6 is 0 Å². The molecule has 3 atom stereocenters. The molecule has 3 unspecified atom stereocenters. The Kier molecular flexibility index (Phi) is 8.79. The van der Waals surface area contributed by atoms with Gasteiger partial charge in [-0.25, -0.2) is 4.79 Å². The van der Waals surface area contributed by atoms with Gasteiger partial charge in [0.2, 0.25) is 0 Å². The number of fused-ring (bicyclic) bond motifs is 3. The Labute approximate surface area is 265 Å². The number of amides is 1. The molecule has 7 heteroatoms. The molecule has 0 N–H and O–H groups in total. The molecule has 0 radical (unpaired) electrons. The summed E-state index contributed by atoms with van der Waals surface area (Å²) in [5, 5.41) is 3.70. The van der Waals surface area contributed by atoms with Gasteiger partial charge in [0.15, 0.2) is 5.76 Å². The molecule has 2 heterocycles. The number of nitrogens with zero attached hydrogens (tertiary/aromatic N) is 3. The number of aryl methyl sites for hydroxylation is 1. The van der Waals surface area contributed by atoms with Gasteiger partial charge >= 0.3 is 12.0 Å². The zero-order valence-electron chi connectivity index (χ0n) is 27.0. The van der Waals surface area contributed by atoms with Crippen molar-refractivity contribution in [1.82, 2.24) is 9.47 Å². The third kappa shape index (κ3) is 6.13. The van der Waals surface area contributed by atoms with Crippen molar-refractivity contribution in [3.8, 4) is 0 Å². The van der Waals surface area contributed by atoms with Crippen LogP contribution in [0.1, 0.15) is 65.9 Å². The van der Waals surface area contributed by atoms with E-state index in [0.29, 0.717) is 36.1 Å². The van der Waals surface area contributed by atoms with Crippen molar-refractivity contribution in [3.63, 3.8) is 0 Å². The summed E-state index contributed by atoms with van der Waals surface area (Å²) in [6.45, 7) is 12.0. The van der Waals surface area contributed by atoms with Gasteiger partial charge in [-0.05, 0) is 87.1 Å². The molecule has 0 bridgehead atoms. The van der Waals surface area contributed by atoms with E-state index in [2.05, 4.69) is 67.9 Å². The maximum atomic E-state index is 13.9. The van der Waals surface area contributed by atoms with Gasteiger partial charge in [-0.1, -0.05) is 68.9 Å². The number of ether oxygens (including phenoxy) is 2. The molecule has 7 nitrogen and oxygen atoms in total. The second-order valence-corrected chi connectivity index (χ2v) is 12.5. The zero-order valence-corrected chi connectivity index (χ0v) is 27.0. The molecule has 3 aliphatic carbocycles. The standard InChI is InChI=1S/C38H43N3O4/c1-6-40-32-18-16-28(22-30(32)29-17-13-25(4)21-33(29)40)23-34-36(42)41(20-19-27-14-11-24(3)12-15-27)38(45-34)39-31-10-8-9-26(5)35(31)37(43)44-7-2/h8,10-11,14-18,21-26H,6-7,9,12-13,19-20H2,1-5H3/b34-23+,39-38-. The predicted molar refractivity (Wildman–Crippen MR) is 180 cm³/mol. The first-order valence-electron chi connectivity index (χ1n) is 16.4. The van der Waals surface area contributed by atoms with Crippen molar-refractivity contribution in [1.29, 1.82) is 0 Å². The van der Waals surface area contributed by atoms with Gasteiger partial charge in [0, 0.05) is 34.6 Å². The summed E-state index contributed by atoms with van der Waals surface area (Å²) >= 11 is 0. The Morgan fingerprint density at radius 1 is 1.09 bits per heavy atom. The van der Waals surface area contributed by atoms with Crippen molar-refractivity contribution < 1.29 is 19.1 Å². The van der Waals surface area contributed by atoms with Crippen LogP contribution in [0.2, 0.25) is 0 Å². The third-order valence-electron chi connectivity index (χ3n) is 9.07. The van der Waals surface area contributed by atoms with Crippen LogP contribution in [0.4, 0.5) is 0 Å². The molecule has 1 aliphatic heterocycles. The number of esters is 1. The van der Waals surface area contributed by atoms with Crippen molar-refractivity contribution >= 4 is 47.0 Å². The van der Waals surface area contributed by atoms with Crippen LogP contribution in [0, 0.1) is 17.8 Å². The van der Waals surface area contributed by atoms with Gasteiger partial charge in [-0.15, -0.1) is 0 Å². The number of benzene rings is 1. The van der Waals surface area contributed by atoms with Crippen LogP contribution in [-0.2, 0) is 25.6 Å². The topological polar surface area (TPSA) is 73.1 Å². The number of carbonyl (C=O) groups excluding carboxylic acids is 2. The maximum Gasteiger partial charge on any atom is 0.336 e. The van der Waals surface area contributed by atoms with E-state index in [-0.39, 0.29) is 36.2 Å². The van der Waals surface area contributed by atoms with Crippen LogP contribution < -0.4 is 10.6 Å². The number of carbonyl (C=O) groups is 2. The van der Waals surface area contributed by atoms with E-state index >= 15 is 0 Å². The van der Waals surface area contributed by atoms with E-state index in [4.69, 9.17) is 14.5 Å². The van der Waals surface area contributed by atoms with E-state index in [1.807, 2.05) is 31.2 Å². The number of aromatic nitrogens is 1. The first-order chi connectivity index (χ1) is 21.8. The van der Waals surface area contributed by atoms with Crippen LogP contribution in [-0.4, -0.2) is 40.5 Å². The molecule has 1 fully saturated rings. The van der Waals surface area contributed by atoms with Crippen molar-refractivity contribution in [2.24, 2.45) is 22.7 Å². The van der Waals surface area contributed by atoms with Crippen LogP contribution in [0.5, 0.6) is 0 Å². The minimum Gasteiger partial charge on any atom is -0.463 e. The van der Waals surface area contributed by atoms with Gasteiger partial charge in [0.1, 0.15) is 0 Å². The van der Waals surface area contributed by atoms with E-state index in [1.165, 1.54) is 27.0 Å². The van der Waals surface area contributed by atoms with E-state index in [9.17, 15) is 9.59 Å². The largest absolute Gasteiger partial charge is 0.463 e. The summed E-state index contributed by atoms with van der Waals surface area (Å²) in [6.07, 6.45) is 20.3. The fourth-order valence-corrected chi connectivity index (χ4v) is 6.58. The highest BCUT2D eigenvalue weighted by molar-refractivity contribution is 6.12. The lowest BCUT2D eigenvalue weighted by molar-refractivity contribution is -0.139. The smallest absolute Gasteiger partial charge is 0.336 e. The molecule has 1 aromatic carbocycles. The summed E-state index contributed by atoms with van der Waals surface area (Å²) in [6, 6.07) is 6.51. The lowest BCUT2D eigenvalue weighted by Crippen LogP contribution is -2.32. The van der Waals surface area contributed by atoms with Crippen LogP contribution in [0.3, 0.4) is 0 Å². The Morgan fingerprint density at radius 2 is 1.91 bits per heavy atom. The first kappa shape index (κ1) is 30.6. The number of hydrogen-bond donors (Lipinski definition) is 0. The minimum atomic E-state index is -0.383. The minimum absolute atomic E-state index is 0.0568. The fourth-order valence-electron chi connectivity index (χ4n) is 6.58. The highest BCUT2D eigenvalue weighted by Crippen LogP contribution is 2.30. The third-order valence-corrected chi connectivity index (χ3v) is 9.07. The Hall–Kier alpha value is -4.39. The molecule has 234 valence electrons. The van der Waals surface area contributed by atoms with Crippen molar-refractivity contribution in [2.45, 2.75) is 66.8 Å². The summed E-state index contributed by atoms with van der Waals surface area (Å²) in [5.41, 5.74) is 4.24. The zero-order chi connectivity index (χ0) is 31.7. The number of aliphatic imine (C=N–C) groups is 1. The van der Waals surface area contributed by atoms with E-state index < -0.39 is 0 Å². The molecule has 1 saturated heterocycles. The summed E-state index contributed by atoms with van der Waals surface area (Å²) in [5.74, 6) is 0.558. The first-order valence-corrected chi connectivity index (χ1v) is 16.4. The fraction of sp³-hybridized carbons (Fsp3) is 0.395. The van der Waals surface area contributed by atoms with E-state index in [1.54, 1.807) is 11.8 Å². The normalized spacial score (nSPS) is 24.6. The number of rotatable bonds is 8. The molecule has 0 spiro atoms. The SMILES string of the molecule is CCOC(=O)C1=C(/N=C2\O/C(=C/c3ccc4c(c3)c3c(n4CC)=CC(C)CC=3)C(=O)N2CCC2=CCC(C)C=C2)C=CCC1C. The van der Waals surface area contributed by atoms with Crippen LogP contribution in [0.25, 0.3) is 29.1 Å². The Bertz CT molecular complexity index is 1850. The average molecular weight is 606 g/mol. The molecule has 6 rings (SSSR count). The van der Waals surface area contributed by atoms with Gasteiger partial charge < -0.3 is 14.0 Å². The highest BCUT2D eigenvalue weighted by atomic mass is 16.5. The Morgan fingerprint density at radius 3 is 2.67 bits per heavy atom. The van der Waals surface area contributed by atoms with Gasteiger partial charge in [-0.3, -0.25) is 9.69 Å². The molecular weight excluding hydrogens is 562 g/mol.